The van der Waals surface area contributed by atoms with Crippen molar-refractivity contribution in [2.24, 2.45) is 0 Å². The summed E-state index contributed by atoms with van der Waals surface area (Å²) in [5, 5.41) is 3.88. The van der Waals surface area contributed by atoms with Gasteiger partial charge in [0.2, 0.25) is 0 Å². The maximum absolute atomic E-state index is 5.78. The molecule has 2 aromatic rings. The molecule has 0 aliphatic heterocycles. The summed E-state index contributed by atoms with van der Waals surface area (Å²) in [6, 6.07) is 11.8. The fourth-order valence-electron chi connectivity index (χ4n) is 1.10. The highest BCUT2D eigenvalue weighted by molar-refractivity contribution is 6.16. The van der Waals surface area contributed by atoms with Gasteiger partial charge < -0.3 is 0 Å². The molecule has 0 atom stereocenters. The van der Waals surface area contributed by atoms with E-state index in [2.05, 4.69) is 5.10 Å². The van der Waals surface area contributed by atoms with Gasteiger partial charge in [-0.05, 0) is 6.07 Å². The fourth-order valence-corrected chi connectivity index (χ4v) is 1.30. The molecule has 12 heavy (non-hydrogen) atoms. The highest BCUT2D eigenvalue weighted by Gasteiger charge is 2.00. The van der Waals surface area contributed by atoms with Crippen LogP contribution in [0, 0.1) is 0 Å². The van der Waals surface area contributed by atoms with Crippen LogP contribution in [-0.4, -0.2) is 9.30 Å². The topological polar surface area (TPSA) is 17.8 Å². The van der Waals surface area contributed by atoms with E-state index < -0.39 is 0 Å². The Bertz CT molecular complexity index is 367. The van der Waals surface area contributed by atoms with Crippen LogP contribution >= 0.6 is 11.8 Å². The van der Waals surface area contributed by atoms with Crippen molar-refractivity contribution >= 4 is 11.8 Å². The average Bonchev–Trinajstić information content (AvgIpc) is 2.53. The first-order valence-electron chi connectivity index (χ1n) is 3.63. The largest absolute Gasteiger partial charge is 0.172 e. The molecule has 2 nitrogen and oxygen atoms in total. The van der Waals surface area contributed by atoms with Crippen molar-refractivity contribution in [2.45, 2.75) is 0 Å². The normalized spacial score (nSPS) is 10.1. The van der Waals surface area contributed by atoms with Crippen LogP contribution in [0.2, 0.25) is 0 Å². The van der Waals surface area contributed by atoms with Gasteiger partial charge in [0.15, 0.2) is 0 Å². The van der Waals surface area contributed by atoms with Crippen LogP contribution in [0.4, 0.5) is 0 Å². The van der Waals surface area contributed by atoms with E-state index in [0.717, 1.165) is 11.3 Å². The van der Waals surface area contributed by atoms with Gasteiger partial charge in [-0.15, -0.1) is 0 Å². The van der Waals surface area contributed by atoms with Crippen LogP contribution in [-0.2, 0) is 0 Å². The zero-order chi connectivity index (χ0) is 8.39. The van der Waals surface area contributed by atoms with E-state index in [1.54, 1.807) is 6.20 Å². The minimum atomic E-state index is 0.914. The maximum Gasteiger partial charge on any atom is 0.0871 e. The molecule has 0 radical (unpaired) electrons. The SMILES string of the molecule is Cln1nccc1-c1ccccc1. The lowest BCUT2D eigenvalue weighted by atomic mass is 10.2. The summed E-state index contributed by atoms with van der Waals surface area (Å²) in [6.45, 7) is 0. The van der Waals surface area contributed by atoms with Crippen molar-refractivity contribution in [3.05, 3.63) is 42.6 Å². The van der Waals surface area contributed by atoms with Crippen LogP contribution in [0.5, 0.6) is 0 Å². The lowest BCUT2D eigenvalue weighted by Gasteiger charge is -1.97. The summed E-state index contributed by atoms with van der Waals surface area (Å²) in [6.07, 6.45) is 1.68. The van der Waals surface area contributed by atoms with Gasteiger partial charge in [-0.2, -0.15) is 9.30 Å². The molecule has 0 unspecified atom stereocenters. The molecule has 3 heteroatoms. The molecular formula is C9H7ClN2. The number of nitrogens with zero attached hydrogens (tertiary/aromatic N) is 2. The molecule has 1 heterocycles. The highest BCUT2D eigenvalue weighted by Crippen LogP contribution is 2.18. The smallest absolute Gasteiger partial charge is 0.0871 e. The molecule has 1 aromatic carbocycles. The predicted octanol–water partition coefficient (Wildman–Crippen LogP) is 2.55. The molecule has 2 rings (SSSR count). The molecule has 0 amide bonds. The minimum Gasteiger partial charge on any atom is -0.172 e. The van der Waals surface area contributed by atoms with Crippen molar-refractivity contribution in [3.63, 3.8) is 0 Å². The second-order valence-corrected chi connectivity index (χ2v) is 2.76. The van der Waals surface area contributed by atoms with Gasteiger partial charge in [-0.1, -0.05) is 30.3 Å². The van der Waals surface area contributed by atoms with Crippen molar-refractivity contribution in [3.8, 4) is 11.3 Å². The quantitative estimate of drug-likeness (QED) is 0.656. The first-order chi connectivity index (χ1) is 5.88. The molecule has 0 saturated carbocycles. The Hall–Kier alpha value is -1.28. The number of benzene rings is 1. The van der Waals surface area contributed by atoms with Gasteiger partial charge in [0.05, 0.1) is 11.9 Å². The van der Waals surface area contributed by atoms with Crippen molar-refractivity contribution in [1.29, 1.82) is 0 Å². The summed E-state index contributed by atoms with van der Waals surface area (Å²) < 4.78 is 1.34. The third-order valence-electron chi connectivity index (χ3n) is 1.67. The molecule has 0 fully saturated rings. The summed E-state index contributed by atoms with van der Waals surface area (Å²) in [7, 11) is 0. The van der Waals surface area contributed by atoms with Gasteiger partial charge in [0.25, 0.3) is 0 Å². The second-order valence-electron chi connectivity index (χ2n) is 2.44. The lowest BCUT2D eigenvalue weighted by molar-refractivity contribution is 1.000. The van der Waals surface area contributed by atoms with Crippen LogP contribution in [0.3, 0.4) is 0 Å². The number of aromatic nitrogens is 2. The monoisotopic (exact) mass is 178 g/mol. The van der Waals surface area contributed by atoms with Crippen LogP contribution in [0.15, 0.2) is 42.6 Å². The average molecular weight is 179 g/mol. The first kappa shape index (κ1) is 7.37. The Morgan fingerprint density at radius 2 is 1.83 bits per heavy atom. The van der Waals surface area contributed by atoms with E-state index in [1.165, 1.54) is 4.20 Å². The van der Waals surface area contributed by atoms with Gasteiger partial charge in [-0.3, -0.25) is 0 Å². The van der Waals surface area contributed by atoms with E-state index in [1.807, 2.05) is 36.4 Å². The van der Waals surface area contributed by atoms with E-state index in [-0.39, 0.29) is 0 Å². The van der Waals surface area contributed by atoms with Crippen LogP contribution in [0.1, 0.15) is 0 Å². The van der Waals surface area contributed by atoms with E-state index in [9.17, 15) is 0 Å². The molecule has 0 aliphatic carbocycles. The van der Waals surface area contributed by atoms with E-state index in [4.69, 9.17) is 11.8 Å². The number of rotatable bonds is 1. The first-order valence-corrected chi connectivity index (χ1v) is 3.97. The maximum atomic E-state index is 5.78. The molecule has 0 aliphatic rings. The van der Waals surface area contributed by atoms with Crippen molar-refractivity contribution < 1.29 is 0 Å². The van der Waals surface area contributed by atoms with Crippen LogP contribution in [0.25, 0.3) is 11.3 Å². The van der Waals surface area contributed by atoms with Crippen LogP contribution < -0.4 is 0 Å². The Morgan fingerprint density at radius 3 is 2.42 bits per heavy atom. The van der Waals surface area contributed by atoms with Crippen molar-refractivity contribution in [1.82, 2.24) is 9.30 Å². The Balaban J connectivity index is 2.51. The Morgan fingerprint density at radius 1 is 1.08 bits per heavy atom. The Kier molecular flexibility index (Phi) is 1.84. The molecule has 60 valence electrons. The Labute approximate surface area is 75.5 Å². The number of hydrogen-bond donors (Lipinski definition) is 0. The zero-order valence-corrected chi connectivity index (χ0v) is 7.07. The minimum absolute atomic E-state index is 0.914. The summed E-state index contributed by atoms with van der Waals surface area (Å²) >= 11 is 5.78. The van der Waals surface area contributed by atoms with Gasteiger partial charge >= 0.3 is 0 Å². The molecule has 1 aromatic heterocycles. The number of hydrogen-bond acceptors (Lipinski definition) is 1. The summed E-state index contributed by atoms with van der Waals surface area (Å²) in [4.78, 5) is 0. The fraction of sp³-hybridized carbons (Fsp3) is 0. The van der Waals surface area contributed by atoms with E-state index in [0.29, 0.717) is 0 Å². The van der Waals surface area contributed by atoms with Gasteiger partial charge in [0.1, 0.15) is 0 Å². The summed E-state index contributed by atoms with van der Waals surface area (Å²) in [5.74, 6) is 0. The van der Waals surface area contributed by atoms with E-state index >= 15 is 0 Å². The zero-order valence-electron chi connectivity index (χ0n) is 6.31. The van der Waals surface area contributed by atoms with Crippen molar-refractivity contribution in [2.75, 3.05) is 0 Å². The third kappa shape index (κ3) is 1.21. The summed E-state index contributed by atoms with van der Waals surface area (Å²) in [5.41, 5.74) is 1.99. The number of halogens is 1. The molecule has 0 saturated heterocycles. The third-order valence-corrected chi connectivity index (χ3v) is 1.94. The standard InChI is InChI=1S/C9H7ClN2/c10-12-9(6-7-11-12)8-4-2-1-3-5-8/h1-7H. The molecule has 0 bridgehead atoms. The molecule has 0 spiro atoms. The highest BCUT2D eigenvalue weighted by atomic mass is 35.5. The molecule has 0 N–H and O–H groups in total. The second kappa shape index (κ2) is 2.99. The molecular weight excluding hydrogens is 172 g/mol. The predicted molar refractivity (Wildman–Crippen MR) is 48.9 cm³/mol. The van der Waals surface area contributed by atoms with Gasteiger partial charge in [-0.25, -0.2) is 0 Å². The van der Waals surface area contributed by atoms with Gasteiger partial charge in [0, 0.05) is 17.3 Å². The lowest BCUT2D eigenvalue weighted by Crippen LogP contribution is -1.85.